The van der Waals surface area contributed by atoms with Crippen LogP contribution in [0.1, 0.15) is 29.7 Å². The van der Waals surface area contributed by atoms with Crippen molar-refractivity contribution < 1.29 is 19.4 Å². The molecule has 32 heavy (non-hydrogen) atoms. The number of carbonyl (C=O) groups excluding carboxylic acids is 1. The molecule has 2 aromatic carbocycles. The Bertz CT molecular complexity index is 901. The number of ether oxygens (including phenoxy) is 2. The molecule has 0 aliphatic carbocycles. The van der Waals surface area contributed by atoms with Gasteiger partial charge in [-0.1, -0.05) is 13.0 Å². The number of aliphatic carboxylic acids is 1. The highest BCUT2D eigenvalue weighted by Gasteiger charge is 2.19. The fourth-order valence-corrected chi connectivity index (χ4v) is 3.46. The normalized spacial score (nSPS) is 14.8. The van der Waals surface area contributed by atoms with Crippen LogP contribution in [0.3, 0.4) is 0 Å². The van der Waals surface area contributed by atoms with E-state index in [4.69, 9.17) is 20.6 Å². The maximum absolute atomic E-state index is 12.0. The Labute approximate surface area is 194 Å². The van der Waals surface area contributed by atoms with Gasteiger partial charge in [-0.05, 0) is 48.4 Å². The second-order valence-electron chi connectivity index (χ2n) is 7.42. The molecule has 8 nitrogen and oxygen atoms in total. The van der Waals surface area contributed by atoms with Crippen molar-refractivity contribution in [3.8, 4) is 5.75 Å². The van der Waals surface area contributed by atoms with Gasteiger partial charge in [0, 0.05) is 36.4 Å². The molecule has 1 aliphatic heterocycles. The van der Waals surface area contributed by atoms with E-state index in [9.17, 15) is 9.90 Å². The van der Waals surface area contributed by atoms with Crippen LogP contribution in [-0.2, 0) is 16.0 Å². The largest absolute Gasteiger partial charge is 0.548 e. The number of nitrogens with one attached hydrogen (secondary N) is 2. The lowest BCUT2D eigenvalue weighted by atomic mass is 10.0. The highest BCUT2D eigenvalue weighted by Crippen LogP contribution is 2.30. The molecular weight excluding hydrogens is 432 g/mol. The second kappa shape index (κ2) is 12.3. The van der Waals surface area contributed by atoms with Crippen LogP contribution in [0.5, 0.6) is 5.75 Å². The first-order valence-corrected chi connectivity index (χ1v) is 10.5. The molecule has 1 aliphatic rings. The zero-order chi connectivity index (χ0) is 22.2. The number of amidine groups is 1. The lowest BCUT2D eigenvalue weighted by Gasteiger charge is -2.27. The Kier molecular flexibility index (Phi) is 9.77. The zero-order valence-corrected chi connectivity index (χ0v) is 19.0. The van der Waals surface area contributed by atoms with E-state index in [2.05, 4.69) is 10.2 Å². The lowest BCUT2D eigenvalue weighted by molar-refractivity contribution is -0.307. The summed E-state index contributed by atoms with van der Waals surface area (Å²) in [7, 11) is 0. The van der Waals surface area contributed by atoms with Gasteiger partial charge in [0.2, 0.25) is 0 Å². The summed E-state index contributed by atoms with van der Waals surface area (Å²) in [6.07, 6.45) is 0.772. The summed E-state index contributed by atoms with van der Waals surface area (Å²) < 4.78 is 11.4. The smallest absolute Gasteiger partial charge is 0.125 e. The number of nitrogens with zero attached hydrogens (tertiary/aromatic N) is 1. The Morgan fingerprint density at radius 2 is 1.94 bits per heavy atom. The number of carbonyl (C=O) groups is 1. The molecule has 1 unspecified atom stereocenters. The predicted octanol–water partition coefficient (Wildman–Crippen LogP) is 1.57. The Morgan fingerprint density at radius 3 is 2.53 bits per heavy atom. The summed E-state index contributed by atoms with van der Waals surface area (Å²) in [6, 6.07) is 11.2. The lowest BCUT2D eigenvalue weighted by Crippen LogP contribution is -2.39. The third-order valence-electron chi connectivity index (χ3n) is 5.30. The molecule has 0 aromatic heterocycles. The molecule has 0 saturated carbocycles. The predicted molar refractivity (Wildman–Crippen MR) is 125 cm³/mol. The van der Waals surface area contributed by atoms with E-state index in [1.807, 2.05) is 25.1 Å². The molecule has 1 heterocycles. The Morgan fingerprint density at radius 1 is 1.25 bits per heavy atom. The van der Waals surface area contributed by atoms with Crippen molar-refractivity contribution in [1.29, 1.82) is 5.41 Å². The van der Waals surface area contributed by atoms with Crippen molar-refractivity contribution in [2.75, 3.05) is 44.8 Å². The number of morpholine rings is 1. The topological polar surface area (TPSA) is 124 Å². The van der Waals surface area contributed by atoms with Crippen LogP contribution in [0, 0.1) is 5.41 Å². The van der Waals surface area contributed by atoms with Crippen molar-refractivity contribution in [2.45, 2.75) is 19.4 Å². The van der Waals surface area contributed by atoms with Gasteiger partial charge in [0.05, 0.1) is 25.2 Å². The summed E-state index contributed by atoms with van der Waals surface area (Å²) in [6.45, 7) is 6.37. The number of anilines is 1. The van der Waals surface area contributed by atoms with E-state index in [0.29, 0.717) is 29.2 Å². The van der Waals surface area contributed by atoms with Crippen LogP contribution < -0.4 is 20.9 Å². The van der Waals surface area contributed by atoms with Gasteiger partial charge in [0.15, 0.2) is 0 Å². The standard InChI is InChI=1S/C23H30N4O4.ClH/c1-2-16-3-8-20(31-14-11-27-9-12-30-13-10-27)19(15-16)21(23(28)29)26-18-6-4-17(5-7-18)22(24)25;/h3-8,15,21,26H,2,9-14H2,1H3,(H3,24,25)(H,28,29);1H/p-1. The average molecular weight is 462 g/mol. The van der Waals surface area contributed by atoms with E-state index < -0.39 is 12.0 Å². The van der Waals surface area contributed by atoms with E-state index in [1.54, 1.807) is 24.3 Å². The number of carboxylic acid groups (broad SMARTS) is 1. The number of halogens is 1. The summed E-state index contributed by atoms with van der Waals surface area (Å²) in [5.41, 5.74) is 8.17. The summed E-state index contributed by atoms with van der Waals surface area (Å²) in [4.78, 5) is 14.3. The van der Waals surface area contributed by atoms with Gasteiger partial charge in [-0.15, -0.1) is 12.4 Å². The summed E-state index contributed by atoms with van der Waals surface area (Å²) in [5.74, 6) is -0.774. The minimum Gasteiger partial charge on any atom is -0.548 e. The maximum atomic E-state index is 12.0. The molecule has 4 N–H and O–H groups in total. The molecule has 0 bridgehead atoms. The SMILES string of the molecule is CCc1ccc(OCCN2CCOCC2)c(C(Nc2ccc(C(=N)N)cc2)C(=O)[O-])c1.Cl. The minimum atomic E-state index is -1.25. The Balaban J connectivity index is 0.00000363. The zero-order valence-electron chi connectivity index (χ0n) is 18.1. The van der Waals surface area contributed by atoms with Crippen LogP contribution in [0.25, 0.3) is 0 Å². The van der Waals surface area contributed by atoms with Gasteiger partial charge in [0.25, 0.3) is 0 Å². The van der Waals surface area contributed by atoms with E-state index >= 15 is 0 Å². The quantitative estimate of drug-likeness (QED) is 0.362. The first-order chi connectivity index (χ1) is 15.0. The van der Waals surface area contributed by atoms with E-state index in [1.165, 1.54) is 0 Å². The number of rotatable bonds is 10. The average Bonchev–Trinajstić information content (AvgIpc) is 2.78. The third-order valence-corrected chi connectivity index (χ3v) is 5.30. The van der Waals surface area contributed by atoms with E-state index in [0.717, 1.165) is 44.8 Å². The summed E-state index contributed by atoms with van der Waals surface area (Å²) >= 11 is 0. The minimum absolute atomic E-state index is 0. The van der Waals surface area contributed by atoms with Gasteiger partial charge in [0.1, 0.15) is 18.2 Å². The molecule has 0 radical (unpaired) electrons. The van der Waals surface area contributed by atoms with Crippen LogP contribution in [0.2, 0.25) is 0 Å². The van der Waals surface area contributed by atoms with Crippen molar-refractivity contribution in [1.82, 2.24) is 4.90 Å². The summed E-state index contributed by atoms with van der Waals surface area (Å²) in [5, 5.41) is 22.5. The molecular formula is C23H30ClN4O4-. The van der Waals surface area contributed by atoms with Crippen molar-refractivity contribution in [3.05, 3.63) is 59.2 Å². The number of aryl methyl sites for hydroxylation is 1. The van der Waals surface area contributed by atoms with Gasteiger partial charge < -0.3 is 30.4 Å². The Hall–Kier alpha value is -2.81. The fraction of sp³-hybridized carbons (Fsp3) is 0.391. The fourth-order valence-electron chi connectivity index (χ4n) is 3.46. The number of hydrogen-bond acceptors (Lipinski definition) is 7. The molecule has 1 fully saturated rings. The van der Waals surface area contributed by atoms with Crippen molar-refractivity contribution in [2.24, 2.45) is 5.73 Å². The number of nitrogens with two attached hydrogens (primary N) is 1. The van der Waals surface area contributed by atoms with Crippen molar-refractivity contribution >= 4 is 29.9 Å². The van der Waals surface area contributed by atoms with Gasteiger partial charge in [-0.3, -0.25) is 10.3 Å². The first-order valence-electron chi connectivity index (χ1n) is 10.5. The van der Waals surface area contributed by atoms with E-state index in [-0.39, 0.29) is 18.2 Å². The molecule has 0 spiro atoms. The first kappa shape index (κ1) is 25.5. The molecule has 2 aromatic rings. The number of hydrogen-bond donors (Lipinski definition) is 3. The maximum Gasteiger partial charge on any atom is 0.125 e. The molecule has 3 rings (SSSR count). The molecule has 174 valence electrons. The van der Waals surface area contributed by atoms with Crippen molar-refractivity contribution in [3.63, 3.8) is 0 Å². The highest BCUT2D eigenvalue weighted by molar-refractivity contribution is 5.95. The number of benzene rings is 2. The third kappa shape index (κ3) is 6.85. The van der Waals surface area contributed by atoms with Gasteiger partial charge >= 0.3 is 0 Å². The molecule has 9 heteroatoms. The van der Waals surface area contributed by atoms with Crippen LogP contribution in [0.15, 0.2) is 42.5 Å². The molecule has 0 amide bonds. The number of carboxylic acids is 1. The molecule has 1 saturated heterocycles. The monoisotopic (exact) mass is 461 g/mol. The number of nitrogen functional groups attached to an aromatic ring is 1. The van der Waals surface area contributed by atoms with Crippen LogP contribution in [-0.4, -0.2) is 56.2 Å². The molecule has 1 atom stereocenters. The van der Waals surface area contributed by atoms with Gasteiger partial charge in [-0.2, -0.15) is 0 Å². The highest BCUT2D eigenvalue weighted by atomic mass is 35.5. The van der Waals surface area contributed by atoms with Crippen LogP contribution in [0.4, 0.5) is 5.69 Å². The van der Waals surface area contributed by atoms with Gasteiger partial charge in [-0.25, -0.2) is 0 Å². The second-order valence-corrected chi connectivity index (χ2v) is 7.42. The van der Waals surface area contributed by atoms with Crippen LogP contribution >= 0.6 is 12.4 Å².